The minimum atomic E-state index is -0.229. The second kappa shape index (κ2) is 4.82. The van der Waals surface area contributed by atoms with Crippen molar-refractivity contribution < 1.29 is 4.39 Å². The van der Waals surface area contributed by atoms with Crippen LogP contribution in [0.25, 0.3) is 11.0 Å². The average molecular weight is 291 g/mol. The fourth-order valence-electron chi connectivity index (χ4n) is 2.21. The summed E-state index contributed by atoms with van der Waals surface area (Å²) in [5.74, 6) is 0.537. The van der Waals surface area contributed by atoms with Crippen molar-refractivity contribution in [3.05, 3.63) is 40.4 Å². The zero-order chi connectivity index (χ0) is 14.3. The van der Waals surface area contributed by atoms with E-state index in [1.165, 1.54) is 6.07 Å². The van der Waals surface area contributed by atoms with Crippen molar-refractivity contribution in [2.24, 2.45) is 7.05 Å². The summed E-state index contributed by atoms with van der Waals surface area (Å²) in [5, 5.41) is 4.24. The highest BCUT2D eigenvalue weighted by Gasteiger charge is 2.09. The van der Waals surface area contributed by atoms with Crippen LogP contribution in [0, 0.1) is 17.5 Å². The molecular weight excluding hydrogens is 277 g/mol. The molecule has 3 rings (SSSR count). The number of fused-ring (bicyclic) bond motifs is 1. The number of nitrogens with zero attached hydrogens (tertiary/aromatic N) is 4. The Kier molecular flexibility index (Phi) is 3.13. The second-order valence-corrected chi connectivity index (χ2v) is 5.17. The number of halogens is 1. The molecule has 0 saturated carbocycles. The zero-order valence-corrected chi connectivity index (χ0v) is 12.0. The number of nitrogens with one attached hydrogen (secondary N) is 1. The van der Waals surface area contributed by atoms with Gasteiger partial charge in [0, 0.05) is 20.0 Å². The Hall–Kier alpha value is -2.02. The summed E-state index contributed by atoms with van der Waals surface area (Å²) in [5.41, 5.74) is 2.23. The van der Waals surface area contributed by atoms with E-state index in [1.807, 2.05) is 17.7 Å². The smallest absolute Gasteiger partial charge is 0.178 e. The van der Waals surface area contributed by atoms with E-state index in [9.17, 15) is 4.39 Å². The monoisotopic (exact) mass is 291 g/mol. The van der Waals surface area contributed by atoms with E-state index >= 15 is 0 Å². The Bertz CT molecular complexity index is 829. The van der Waals surface area contributed by atoms with Crippen LogP contribution in [-0.2, 0) is 20.0 Å². The number of rotatable bonds is 3. The van der Waals surface area contributed by atoms with Crippen molar-refractivity contribution in [2.45, 2.75) is 19.9 Å². The molecule has 1 N–H and O–H groups in total. The lowest BCUT2D eigenvalue weighted by Gasteiger charge is -2.03. The number of benzene rings is 1. The molecule has 0 bridgehead atoms. The van der Waals surface area contributed by atoms with E-state index in [1.54, 1.807) is 17.9 Å². The molecular formula is C13H14FN5S. The van der Waals surface area contributed by atoms with E-state index in [4.69, 9.17) is 12.2 Å². The van der Waals surface area contributed by atoms with Gasteiger partial charge >= 0.3 is 0 Å². The highest BCUT2D eigenvalue weighted by Crippen LogP contribution is 2.19. The summed E-state index contributed by atoms with van der Waals surface area (Å²) >= 11 is 5.30. The molecule has 0 saturated heterocycles. The minimum Gasteiger partial charge on any atom is -0.330 e. The van der Waals surface area contributed by atoms with Crippen LogP contribution in [0.15, 0.2) is 18.5 Å². The van der Waals surface area contributed by atoms with Crippen LogP contribution in [0.5, 0.6) is 0 Å². The average Bonchev–Trinajstić information content (AvgIpc) is 2.92. The van der Waals surface area contributed by atoms with Crippen LogP contribution >= 0.6 is 12.2 Å². The maximum atomic E-state index is 13.6. The fraction of sp³-hybridized carbons (Fsp3) is 0.308. The Morgan fingerprint density at radius 1 is 1.40 bits per heavy atom. The third-order valence-electron chi connectivity index (χ3n) is 3.26. The van der Waals surface area contributed by atoms with Crippen LogP contribution in [0.4, 0.5) is 4.39 Å². The lowest BCUT2D eigenvalue weighted by Crippen LogP contribution is -2.03. The Labute approximate surface area is 120 Å². The van der Waals surface area contributed by atoms with Gasteiger partial charge in [-0.2, -0.15) is 5.10 Å². The van der Waals surface area contributed by atoms with Gasteiger partial charge in [-0.25, -0.2) is 9.37 Å². The molecule has 0 aliphatic rings. The quantitative estimate of drug-likeness (QED) is 0.754. The number of H-pyrrole nitrogens is 1. The highest BCUT2D eigenvalue weighted by atomic mass is 32.1. The van der Waals surface area contributed by atoms with E-state index in [2.05, 4.69) is 15.1 Å². The second-order valence-electron chi connectivity index (χ2n) is 4.78. The Morgan fingerprint density at radius 3 is 2.90 bits per heavy atom. The van der Waals surface area contributed by atoms with Crippen molar-refractivity contribution in [2.75, 3.05) is 0 Å². The molecule has 2 aromatic heterocycles. The summed E-state index contributed by atoms with van der Waals surface area (Å²) in [6.45, 7) is 2.41. The maximum Gasteiger partial charge on any atom is 0.178 e. The highest BCUT2D eigenvalue weighted by molar-refractivity contribution is 7.71. The van der Waals surface area contributed by atoms with Gasteiger partial charge in [-0.3, -0.25) is 4.68 Å². The predicted molar refractivity (Wildman–Crippen MR) is 76.5 cm³/mol. The van der Waals surface area contributed by atoms with Gasteiger partial charge in [0.05, 0.1) is 11.0 Å². The van der Waals surface area contributed by atoms with Gasteiger partial charge in [0.25, 0.3) is 0 Å². The summed E-state index contributed by atoms with van der Waals surface area (Å²) in [6.07, 6.45) is 2.35. The summed E-state index contributed by atoms with van der Waals surface area (Å²) < 4.78 is 17.8. The molecule has 3 aromatic rings. The standard InChI is InChI=1S/C13H14FN5S/c1-8-5-11-10(6-9(8)14)16-13(20)19(11)4-3-12-15-7-18(2)17-12/h5-7H,3-4H2,1-2H3,(H,16,20). The number of aryl methyl sites for hydroxylation is 4. The van der Waals surface area contributed by atoms with Crippen molar-refractivity contribution >= 4 is 23.3 Å². The molecule has 20 heavy (non-hydrogen) atoms. The maximum absolute atomic E-state index is 13.6. The predicted octanol–water partition coefficient (Wildman–Crippen LogP) is 2.52. The molecule has 5 nitrogen and oxygen atoms in total. The number of hydrogen-bond acceptors (Lipinski definition) is 3. The SMILES string of the molecule is Cc1cc2c(cc1F)[nH]c(=S)n2CCc1ncn(C)n1. The molecule has 7 heteroatoms. The van der Waals surface area contributed by atoms with Gasteiger partial charge in [-0.05, 0) is 36.8 Å². The molecule has 2 heterocycles. The first-order valence-corrected chi connectivity index (χ1v) is 6.68. The first-order valence-electron chi connectivity index (χ1n) is 6.28. The number of aromatic nitrogens is 5. The molecule has 1 aromatic carbocycles. The van der Waals surface area contributed by atoms with Crippen molar-refractivity contribution in [3.63, 3.8) is 0 Å². The molecule has 0 unspecified atom stereocenters. The first-order chi connectivity index (χ1) is 9.54. The van der Waals surface area contributed by atoms with Crippen LogP contribution in [0.2, 0.25) is 0 Å². The van der Waals surface area contributed by atoms with Gasteiger partial charge in [-0.1, -0.05) is 0 Å². The lowest BCUT2D eigenvalue weighted by molar-refractivity contribution is 0.619. The zero-order valence-electron chi connectivity index (χ0n) is 11.2. The normalized spacial score (nSPS) is 11.3. The van der Waals surface area contributed by atoms with Crippen LogP contribution < -0.4 is 0 Å². The van der Waals surface area contributed by atoms with E-state index < -0.39 is 0 Å². The van der Waals surface area contributed by atoms with Crippen molar-refractivity contribution in [3.8, 4) is 0 Å². The summed E-state index contributed by atoms with van der Waals surface area (Å²) in [6, 6.07) is 3.29. The largest absolute Gasteiger partial charge is 0.330 e. The number of imidazole rings is 1. The van der Waals surface area contributed by atoms with Crippen molar-refractivity contribution in [1.82, 2.24) is 24.3 Å². The number of aromatic amines is 1. The molecule has 0 aliphatic heterocycles. The van der Waals surface area contributed by atoms with Crippen LogP contribution in [0.1, 0.15) is 11.4 Å². The van der Waals surface area contributed by atoms with Crippen molar-refractivity contribution in [1.29, 1.82) is 0 Å². The van der Waals surface area contributed by atoms with E-state index in [0.29, 0.717) is 28.8 Å². The van der Waals surface area contributed by atoms with Crippen LogP contribution in [-0.4, -0.2) is 24.3 Å². The van der Waals surface area contributed by atoms with Gasteiger partial charge in [0.2, 0.25) is 0 Å². The van der Waals surface area contributed by atoms with Crippen LogP contribution in [0.3, 0.4) is 0 Å². The third-order valence-corrected chi connectivity index (χ3v) is 3.58. The molecule has 0 radical (unpaired) electrons. The molecule has 0 atom stereocenters. The lowest BCUT2D eigenvalue weighted by atomic mass is 10.2. The fourth-order valence-corrected chi connectivity index (χ4v) is 2.51. The third kappa shape index (κ3) is 2.24. The Balaban J connectivity index is 1.96. The van der Waals surface area contributed by atoms with Gasteiger partial charge in [-0.15, -0.1) is 0 Å². The van der Waals surface area contributed by atoms with E-state index in [0.717, 1.165) is 11.3 Å². The molecule has 0 aliphatic carbocycles. The van der Waals surface area contributed by atoms with Gasteiger partial charge < -0.3 is 9.55 Å². The summed E-state index contributed by atoms with van der Waals surface area (Å²) in [7, 11) is 1.83. The van der Waals surface area contributed by atoms with Gasteiger partial charge in [0.1, 0.15) is 12.1 Å². The first kappa shape index (κ1) is 13.0. The summed E-state index contributed by atoms with van der Waals surface area (Å²) in [4.78, 5) is 7.22. The Morgan fingerprint density at radius 2 is 2.20 bits per heavy atom. The van der Waals surface area contributed by atoms with Gasteiger partial charge in [0.15, 0.2) is 10.6 Å². The topological polar surface area (TPSA) is 51.4 Å². The minimum absolute atomic E-state index is 0.229. The number of hydrogen-bond donors (Lipinski definition) is 1. The molecule has 104 valence electrons. The molecule has 0 fully saturated rings. The molecule has 0 spiro atoms. The molecule has 0 amide bonds. The van der Waals surface area contributed by atoms with E-state index in [-0.39, 0.29) is 5.82 Å².